The Morgan fingerprint density at radius 2 is 0.340 bits per heavy atom. The number of carbonyl (C=O) groups excluding carboxylic acids is 10. The zero-order valence-electron chi connectivity index (χ0n) is 96.7. The van der Waals surface area contributed by atoms with Crippen LogP contribution in [0.3, 0.4) is 0 Å². The number of hydrogen-bond donors (Lipinski definition) is 0. The third-order valence-electron chi connectivity index (χ3n) is 32.8. The quantitative estimate of drug-likeness (QED) is 0.0403. The molecule has 26 heteroatoms. The van der Waals surface area contributed by atoms with Gasteiger partial charge in [0.2, 0.25) is 0 Å². The molecule has 0 unspecified atom stereocenters. The molecule has 0 saturated heterocycles. The highest BCUT2D eigenvalue weighted by atomic mass is 16.6. The minimum atomic E-state index is -0.586. The van der Waals surface area contributed by atoms with Crippen molar-refractivity contribution in [2.45, 2.75) is 508 Å². The maximum absolute atomic E-state index is 12.6. The van der Waals surface area contributed by atoms with Gasteiger partial charge in [-0.15, -0.1) is 0 Å². The molecule has 826 valence electrons. The molecule has 6 saturated carbocycles. The summed E-state index contributed by atoms with van der Waals surface area (Å²) in [6.07, 6.45) is 31.6. The first kappa shape index (κ1) is 133. The van der Waals surface area contributed by atoms with E-state index in [0.29, 0.717) is 105 Å². The Bertz CT molecular complexity index is 3660. The fourth-order valence-corrected chi connectivity index (χ4v) is 18.7. The van der Waals surface area contributed by atoms with E-state index in [9.17, 15) is 47.9 Å². The Hall–Kier alpha value is -5.54. The molecule has 26 nitrogen and oxygen atoms in total. The summed E-state index contributed by atoms with van der Waals surface area (Å²) in [5.74, 6) is -2.91. The Labute approximate surface area is 857 Å². The predicted molar refractivity (Wildman–Crippen MR) is 557 cm³/mol. The molecule has 0 radical (unpaired) electrons. The van der Waals surface area contributed by atoms with Crippen LogP contribution in [0.2, 0.25) is 0 Å². The van der Waals surface area contributed by atoms with E-state index in [1.807, 2.05) is 166 Å². The van der Waals surface area contributed by atoms with E-state index < -0.39 is 66.8 Å². The van der Waals surface area contributed by atoms with Crippen molar-refractivity contribution in [1.29, 1.82) is 0 Å². The summed E-state index contributed by atoms with van der Waals surface area (Å²) < 4.78 is 90.8. The Balaban J connectivity index is 0.000000848. The second-order valence-corrected chi connectivity index (χ2v) is 48.4. The van der Waals surface area contributed by atoms with Gasteiger partial charge in [0.25, 0.3) is 0 Å². The minimum Gasteiger partial charge on any atom is -0.465 e. The molecule has 0 aliphatic heterocycles. The number of carbonyl (C=O) groups is 10. The van der Waals surface area contributed by atoms with Crippen molar-refractivity contribution in [3.8, 4) is 0 Å². The van der Waals surface area contributed by atoms with E-state index in [4.69, 9.17) is 75.8 Å². The standard InChI is InChI=1S/C21H38O5.2C20H36O5.C19H34O5.C18H34O3.C17H32O3/c1-7-19(3,4)18(23)25-15-12-17(22)26-21(13-10-9-11-14-21)20(5,6)16-24-8-2;1-7-18(3,4)17(22)24-14-11-16(21)25-20(12-9-10-13-20)19(5,6)15-23-8-2;1-7-18(3,4)17(22)24-14-16(21)25-20(12-10-9-11-13-20)19(5,6)15-23-8-2;1-7-17(3,4)16(21)23-13-15(20)24-19(11-9-10-12-19)18(5,6)14-22-8-2;1-7-16(3,4)15(19)21-18(12-10-9-11-13-18)17(5,6)14-20-8-2;1-7-15(3,4)14(18)20-17(11-9-10-12-17)16(5,6)13-19-8-2/h7-16H2,1-6H3;2*7-15H2,1-6H3;7-14H2,1-6H3;7-14H2,1-6H3;7-13H2,1-6H3. The van der Waals surface area contributed by atoms with Crippen molar-refractivity contribution in [1.82, 2.24) is 0 Å². The summed E-state index contributed by atoms with van der Waals surface area (Å²) in [7, 11) is 0. The van der Waals surface area contributed by atoms with Gasteiger partial charge in [0.05, 0.1) is 85.0 Å². The molecule has 0 spiro atoms. The first-order chi connectivity index (χ1) is 65.3. The van der Waals surface area contributed by atoms with Gasteiger partial charge in [0.15, 0.2) is 13.2 Å². The van der Waals surface area contributed by atoms with Gasteiger partial charge in [-0.05, 0) is 317 Å². The van der Waals surface area contributed by atoms with Gasteiger partial charge < -0.3 is 75.8 Å². The molecular weight excluding hydrogens is 1800 g/mol. The van der Waals surface area contributed by atoms with Crippen molar-refractivity contribution >= 4 is 59.7 Å². The van der Waals surface area contributed by atoms with E-state index in [-0.39, 0.29) is 131 Å². The molecule has 0 aromatic rings. The van der Waals surface area contributed by atoms with E-state index in [1.54, 1.807) is 0 Å². The maximum atomic E-state index is 12.6. The smallest absolute Gasteiger partial charge is 0.344 e. The SMILES string of the molecule is CCOCC(C)(C)C1(OC(=O)C(C)(C)CC)CCCC1.CCOCC(C)(C)C1(OC(=O)C(C)(C)CC)CCCCC1.CCOCC(C)(C)C1(OC(=O)CCOC(=O)C(C)(C)CC)CCCC1.CCOCC(C)(C)C1(OC(=O)CCOC(=O)C(C)(C)CC)CCCCC1.CCOCC(C)(C)C1(OC(=O)COC(=O)C(C)(C)CC)CCCC1.CCOCC(C)(C)C1(OC(=O)COC(=O)C(C)(C)CC)CCCCC1. The number of rotatable bonds is 52. The molecule has 0 aromatic carbocycles. The first-order valence-corrected chi connectivity index (χ1v) is 54.8. The van der Waals surface area contributed by atoms with E-state index in [0.717, 1.165) is 173 Å². The van der Waals surface area contributed by atoms with Gasteiger partial charge in [-0.3, -0.25) is 38.4 Å². The fourth-order valence-electron chi connectivity index (χ4n) is 18.7. The summed E-state index contributed by atoms with van der Waals surface area (Å²) in [4.78, 5) is 123. The molecule has 0 heterocycles. The second kappa shape index (κ2) is 60.2. The molecule has 0 bridgehead atoms. The highest BCUT2D eigenvalue weighted by molar-refractivity contribution is 5.82. The summed E-state index contributed by atoms with van der Waals surface area (Å²) in [6, 6.07) is 0. The molecule has 6 rings (SSSR count). The molecule has 6 aliphatic carbocycles. The monoisotopic (exact) mass is 2010 g/mol. The molecule has 6 aliphatic rings. The lowest BCUT2D eigenvalue weighted by atomic mass is 9.67. The predicted octanol–water partition coefficient (Wildman–Crippen LogP) is 26.2. The highest BCUT2D eigenvalue weighted by Crippen LogP contribution is 2.54. The van der Waals surface area contributed by atoms with Crippen LogP contribution in [0.4, 0.5) is 0 Å². The van der Waals surface area contributed by atoms with Crippen LogP contribution in [0, 0.1) is 65.0 Å². The van der Waals surface area contributed by atoms with Crippen LogP contribution in [-0.4, -0.2) is 199 Å². The lowest BCUT2D eigenvalue weighted by molar-refractivity contribution is -0.198. The summed E-state index contributed by atoms with van der Waals surface area (Å²) in [5, 5.41) is 0. The molecule has 0 atom stereocenters. The van der Waals surface area contributed by atoms with Crippen LogP contribution in [0.5, 0.6) is 0 Å². The first-order valence-electron chi connectivity index (χ1n) is 54.8. The second-order valence-electron chi connectivity index (χ2n) is 48.4. The minimum absolute atomic E-state index is 0.0588. The van der Waals surface area contributed by atoms with Crippen molar-refractivity contribution in [2.75, 3.05) is 106 Å². The zero-order chi connectivity index (χ0) is 108. The fraction of sp³-hybridized carbons (Fsp3) is 0.913. The average Bonchev–Trinajstić information content (AvgIpc) is 1.38. The van der Waals surface area contributed by atoms with Crippen molar-refractivity contribution in [3.05, 3.63) is 0 Å². The van der Waals surface area contributed by atoms with E-state index in [1.165, 1.54) is 12.8 Å². The number of ether oxygens (including phenoxy) is 16. The van der Waals surface area contributed by atoms with Gasteiger partial charge in [0.1, 0.15) is 46.8 Å². The van der Waals surface area contributed by atoms with E-state index in [2.05, 4.69) is 83.1 Å². The summed E-state index contributed by atoms with van der Waals surface area (Å²) >= 11 is 0. The van der Waals surface area contributed by atoms with Crippen LogP contribution in [0.15, 0.2) is 0 Å². The van der Waals surface area contributed by atoms with Crippen LogP contribution in [-0.2, 0) is 124 Å². The number of esters is 10. The lowest BCUT2D eigenvalue weighted by Gasteiger charge is -2.49. The van der Waals surface area contributed by atoms with Gasteiger partial charge in [-0.25, -0.2) is 9.59 Å². The Morgan fingerprint density at radius 3 is 0.511 bits per heavy atom. The highest BCUT2D eigenvalue weighted by Gasteiger charge is 2.57. The van der Waals surface area contributed by atoms with Gasteiger partial charge in [-0.2, -0.15) is 0 Å². The molecule has 0 amide bonds. The van der Waals surface area contributed by atoms with Crippen LogP contribution in [0.1, 0.15) is 474 Å². The van der Waals surface area contributed by atoms with Gasteiger partial charge in [-0.1, -0.05) is 144 Å². The topological polar surface area (TPSA) is 318 Å². The Morgan fingerprint density at radius 1 is 0.191 bits per heavy atom. The molecule has 6 fully saturated rings. The normalized spacial score (nSPS) is 18.1. The van der Waals surface area contributed by atoms with Crippen LogP contribution < -0.4 is 0 Å². The lowest BCUT2D eigenvalue weighted by Crippen LogP contribution is -2.53. The van der Waals surface area contributed by atoms with Crippen LogP contribution >= 0.6 is 0 Å². The van der Waals surface area contributed by atoms with Crippen LogP contribution in [0.25, 0.3) is 0 Å². The molecule has 0 aromatic heterocycles. The number of hydrogen-bond acceptors (Lipinski definition) is 26. The van der Waals surface area contributed by atoms with Gasteiger partial charge >= 0.3 is 59.7 Å². The zero-order valence-corrected chi connectivity index (χ0v) is 96.7. The van der Waals surface area contributed by atoms with E-state index >= 15 is 0 Å². The third-order valence-corrected chi connectivity index (χ3v) is 32.8. The van der Waals surface area contributed by atoms with Crippen molar-refractivity contribution in [2.24, 2.45) is 65.0 Å². The van der Waals surface area contributed by atoms with Crippen molar-refractivity contribution in [3.63, 3.8) is 0 Å². The molecule has 141 heavy (non-hydrogen) atoms. The van der Waals surface area contributed by atoms with Gasteiger partial charge in [0, 0.05) is 72.1 Å². The molecular formula is C115H210O26. The van der Waals surface area contributed by atoms with Crippen molar-refractivity contribution < 1.29 is 124 Å². The third kappa shape index (κ3) is 40.5. The average molecular weight is 2010 g/mol. The maximum Gasteiger partial charge on any atom is 0.344 e. The largest absolute Gasteiger partial charge is 0.465 e. The summed E-state index contributed by atoms with van der Waals surface area (Å²) in [5.41, 5.74) is -7.16. The molecule has 0 N–H and O–H groups in total. The Kier molecular flexibility index (Phi) is 57.0. The summed E-state index contributed by atoms with van der Waals surface area (Å²) in [6.45, 7) is 78.6.